The second kappa shape index (κ2) is 4.55. The van der Waals surface area contributed by atoms with Crippen LogP contribution in [0.1, 0.15) is 0 Å². The minimum atomic E-state index is -0.435. The first-order valence-electron chi connectivity index (χ1n) is 5.01. The van der Waals surface area contributed by atoms with E-state index in [1.165, 1.54) is 24.2 Å². The van der Waals surface area contributed by atoms with Crippen molar-refractivity contribution in [2.75, 3.05) is 0 Å². The molecule has 0 amide bonds. The summed E-state index contributed by atoms with van der Waals surface area (Å²) in [5, 5.41) is 0.815. The van der Waals surface area contributed by atoms with Gasteiger partial charge in [-0.3, -0.25) is 0 Å². The number of nitrogens with one attached hydrogen (secondary N) is 1. The summed E-state index contributed by atoms with van der Waals surface area (Å²) in [7, 11) is 0. The molecule has 3 aromatic rings. The molecule has 2 heterocycles. The van der Waals surface area contributed by atoms with E-state index in [-0.39, 0.29) is 5.02 Å². The van der Waals surface area contributed by atoms with E-state index in [2.05, 4.69) is 19.9 Å². The average molecular weight is 281 g/mol. The lowest BCUT2D eigenvalue weighted by atomic mass is 10.3. The molecule has 0 aliphatic heterocycles. The van der Waals surface area contributed by atoms with E-state index >= 15 is 0 Å². The maximum absolute atomic E-state index is 13.1. The van der Waals surface area contributed by atoms with Crippen molar-refractivity contribution >= 4 is 34.5 Å². The maximum atomic E-state index is 13.1. The van der Waals surface area contributed by atoms with E-state index in [0.717, 1.165) is 15.4 Å². The summed E-state index contributed by atoms with van der Waals surface area (Å²) in [6, 6.07) is 4.54. The monoisotopic (exact) mass is 280 g/mol. The molecule has 7 heteroatoms. The second-order valence-electron chi connectivity index (χ2n) is 3.46. The number of rotatable bonds is 2. The van der Waals surface area contributed by atoms with Crippen molar-refractivity contribution < 1.29 is 4.39 Å². The largest absolute Gasteiger partial charge is 0.341 e. The fraction of sp³-hybridized carbons (Fsp3) is 0. The fourth-order valence-corrected chi connectivity index (χ4v) is 2.61. The zero-order valence-electron chi connectivity index (χ0n) is 8.89. The Morgan fingerprint density at radius 1 is 1.22 bits per heavy atom. The van der Waals surface area contributed by atoms with Crippen LogP contribution in [0.2, 0.25) is 5.02 Å². The summed E-state index contributed by atoms with van der Waals surface area (Å²) in [6.07, 6.45) is 3.00. The minimum absolute atomic E-state index is 0.0925. The molecule has 1 N–H and O–H groups in total. The molecule has 18 heavy (non-hydrogen) atoms. The van der Waals surface area contributed by atoms with E-state index in [0.29, 0.717) is 5.65 Å². The topological polar surface area (TPSA) is 54.5 Å². The molecule has 3 rings (SSSR count). The molecule has 0 bridgehead atoms. The van der Waals surface area contributed by atoms with Crippen molar-refractivity contribution in [3.8, 4) is 0 Å². The van der Waals surface area contributed by atoms with Crippen LogP contribution in [0.4, 0.5) is 4.39 Å². The molecule has 0 atom stereocenters. The van der Waals surface area contributed by atoms with E-state index in [1.54, 1.807) is 18.5 Å². The first-order valence-corrected chi connectivity index (χ1v) is 6.20. The summed E-state index contributed by atoms with van der Waals surface area (Å²) in [5.41, 5.74) is 1.35. The number of aromatic amines is 1. The van der Waals surface area contributed by atoms with Crippen LogP contribution in [-0.4, -0.2) is 19.9 Å². The third kappa shape index (κ3) is 2.04. The maximum Gasteiger partial charge on any atom is 0.181 e. The third-order valence-electron chi connectivity index (χ3n) is 2.29. The van der Waals surface area contributed by atoms with Crippen LogP contribution in [0.3, 0.4) is 0 Å². The van der Waals surface area contributed by atoms with Crippen molar-refractivity contribution in [2.45, 2.75) is 9.92 Å². The summed E-state index contributed by atoms with van der Waals surface area (Å²) in [5.74, 6) is -0.435. The molecule has 90 valence electrons. The highest BCUT2D eigenvalue weighted by atomic mass is 35.5. The van der Waals surface area contributed by atoms with Crippen molar-refractivity contribution in [2.24, 2.45) is 0 Å². The van der Waals surface area contributed by atoms with Gasteiger partial charge in [0.15, 0.2) is 5.65 Å². The van der Waals surface area contributed by atoms with Gasteiger partial charge in [0.2, 0.25) is 0 Å². The highest BCUT2D eigenvalue weighted by Gasteiger charge is 2.09. The normalized spacial score (nSPS) is 11.0. The van der Waals surface area contributed by atoms with Gasteiger partial charge in [0.05, 0.1) is 11.3 Å². The van der Waals surface area contributed by atoms with Crippen molar-refractivity contribution in [3.05, 3.63) is 41.7 Å². The number of nitrogens with zero attached hydrogens (tertiary/aromatic N) is 3. The third-order valence-corrected chi connectivity index (χ3v) is 3.58. The summed E-state index contributed by atoms with van der Waals surface area (Å²) >= 11 is 7.11. The van der Waals surface area contributed by atoms with Gasteiger partial charge in [0, 0.05) is 4.90 Å². The first kappa shape index (κ1) is 11.4. The van der Waals surface area contributed by atoms with E-state index in [1.807, 2.05) is 0 Å². The Kier molecular flexibility index (Phi) is 2.89. The van der Waals surface area contributed by atoms with Crippen LogP contribution in [-0.2, 0) is 0 Å². The number of imidazole rings is 1. The molecule has 0 unspecified atom stereocenters. The van der Waals surface area contributed by atoms with E-state index in [9.17, 15) is 4.39 Å². The lowest BCUT2D eigenvalue weighted by molar-refractivity contribution is 0.627. The van der Waals surface area contributed by atoms with Gasteiger partial charge in [-0.15, -0.1) is 0 Å². The highest BCUT2D eigenvalue weighted by molar-refractivity contribution is 7.99. The number of halogens is 2. The molecule has 0 saturated carbocycles. The molecule has 0 radical (unpaired) electrons. The lowest BCUT2D eigenvalue weighted by Crippen LogP contribution is -1.86. The molecule has 0 saturated heterocycles. The Bertz CT molecular complexity index is 715. The number of hydrogen-bond donors (Lipinski definition) is 1. The van der Waals surface area contributed by atoms with Gasteiger partial charge in [-0.1, -0.05) is 23.4 Å². The lowest BCUT2D eigenvalue weighted by Gasteiger charge is -2.02. The fourth-order valence-electron chi connectivity index (χ4n) is 1.47. The van der Waals surface area contributed by atoms with Gasteiger partial charge in [0.25, 0.3) is 0 Å². The van der Waals surface area contributed by atoms with Gasteiger partial charge in [0.1, 0.15) is 22.7 Å². The number of hydrogen-bond acceptors (Lipinski definition) is 4. The van der Waals surface area contributed by atoms with Crippen molar-refractivity contribution in [1.29, 1.82) is 0 Å². The molecule has 0 aliphatic carbocycles. The molecule has 0 fully saturated rings. The summed E-state index contributed by atoms with van der Waals surface area (Å²) in [4.78, 5) is 16.0. The molecular formula is C11H6ClFN4S. The van der Waals surface area contributed by atoms with Gasteiger partial charge < -0.3 is 4.98 Å². The zero-order valence-corrected chi connectivity index (χ0v) is 10.5. The van der Waals surface area contributed by atoms with E-state index < -0.39 is 5.82 Å². The molecular weight excluding hydrogens is 275 g/mol. The van der Waals surface area contributed by atoms with Gasteiger partial charge in [-0.25, -0.2) is 19.3 Å². The smallest absolute Gasteiger partial charge is 0.181 e. The SMILES string of the molecule is Fc1ccc(Sc2ncnc3nc[nH]c23)cc1Cl. The summed E-state index contributed by atoms with van der Waals surface area (Å²) in [6.45, 7) is 0. The first-order chi connectivity index (χ1) is 8.74. The van der Waals surface area contributed by atoms with Crippen LogP contribution in [0.5, 0.6) is 0 Å². The van der Waals surface area contributed by atoms with Gasteiger partial charge in [-0.05, 0) is 18.2 Å². The molecule has 4 nitrogen and oxygen atoms in total. The average Bonchev–Trinajstić information content (AvgIpc) is 2.83. The Labute approximate surface area is 111 Å². The van der Waals surface area contributed by atoms with Gasteiger partial charge >= 0.3 is 0 Å². The highest BCUT2D eigenvalue weighted by Crippen LogP contribution is 2.31. The minimum Gasteiger partial charge on any atom is -0.341 e. The predicted octanol–water partition coefficient (Wildman–Crippen LogP) is 3.30. The second-order valence-corrected chi connectivity index (χ2v) is 4.93. The Morgan fingerprint density at radius 2 is 2.11 bits per heavy atom. The summed E-state index contributed by atoms with van der Waals surface area (Å²) < 4.78 is 13.1. The molecule has 2 aromatic heterocycles. The van der Waals surface area contributed by atoms with Crippen molar-refractivity contribution in [1.82, 2.24) is 19.9 Å². The number of fused-ring (bicyclic) bond motifs is 1. The quantitative estimate of drug-likeness (QED) is 0.732. The van der Waals surface area contributed by atoms with Crippen LogP contribution in [0.25, 0.3) is 11.2 Å². The van der Waals surface area contributed by atoms with Crippen LogP contribution in [0, 0.1) is 5.82 Å². The Morgan fingerprint density at radius 3 is 2.94 bits per heavy atom. The number of aromatic nitrogens is 4. The standard InChI is InChI=1S/C11H6ClFN4S/c12-7-3-6(1-2-8(7)13)18-11-9-10(15-4-14-9)16-5-17-11/h1-5H,(H,14,15,16,17). The number of benzene rings is 1. The Hall–Kier alpha value is -1.66. The molecule has 0 spiro atoms. The Balaban J connectivity index is 2.01. The van der Waals surface area contributed by atoms with Crippen LogP contribution >= 0.6 is 23.4 Å². The van der Waals surface area contributed by atoms with E-state index in [4.69, 9.17) is 11.6 Å². The van der Waals surface area contributed by atoms with Crippen LogP contribution < -0.4 is 0 Å². The predicted molar refractivity (Wildman–Crippen MR) is 67.2 cm³/mol. The van der Waals surface area contributed by atoms with Crippen LogP contribution in [0.15, 0.2) is 40.8 Å². The zero-order chi connectivity index (χ0) is 12.5. The number of H-pyrrole nitrogens is 1. The molecule has 0 aliphatic rings. The van der Waals surface area contributed by atoms with Gasteiger partial charge in [-0.2, -0.15) is 0 Å². The van der Waals surface area contributed by atoms with Crippen molar-refractivity contribution in [3.63, 3.8) is 0 Å². The molecule has 1 aromatic carbocycles.